The van der Waals surface area contributed by atoms with E-state index in [1.165, 1.54) is 11.9 Å². The van der Waals surface area contributed by atoms with E-state index >= 15 is 0 Å². The van der Waals surface area contributed by atoms with Gasteiger partial charge in [0, 0.05) is 6.54 Å². The zero-order valence-electron chi connectivity index (χ0n) is 12.7. The molecule has 1 heterocycles. The first-order valence-electron chi connectivity index (χ1n) is 7.40. The van der Waals surface area contributed by atoms with Crippen molar-refractivity contribution in [1.29, 1.82) is 0 Å². The third kappa shape index (κ3) is 3.30. The van der Waals surface area contributed by atoms with Crippen molar-refractivity contribution in [3.8, 4) is 5.75 Å². The van der Waals surface area contributed by atoms with Crippen LogP contribution in [0.25, 0.3) is 0 Å². The maximum atomic E-state index is 12.3. The van der Waals surface area contributed by atoms with Gasteiger partial charge < -0.3 is 5.11 Å². The average Bonchev–Trinajstić information content (AvgIpc) is 2.58. The third-order valence-electron chi connectivity index (χ3n) is 3.91. The number of carbonyl (C=O) groups is 2. The van der Waals surface area contributed by atoms with E-state index in [0.717, 1.165) is 11.1 Å². The molecule has 0 radical (unpaired) electrons. The average molecular weight is 327 g/mol. The number of benzene rings is 2. The molecule has 0 amide bonds. The molecule has 23 heavy (non-hydrogen) atoms. The zero-order chi connectivity index (χ0) is 16.4. The molecule has 118 valence electrons. The van der Waals surface area contributed by atoms with Crippen molar-refractivity contribution >= 4 is 23.5 Å². The summed E-state index contributed by atoms with van der Waals surface area (Å²) in [5.74, 6) is -0.478. The highest BCUT2D eigenvalue weighted by Crippen LogP contribution is 2.39. The lowest BCUT2D eigenvalue weighted by atomic mass is 10.0. The van der Waals surface area contributed by atoms with Crippen molar-refractivity contribution in [2.45, 2.75) is 24.8 Å². The normalized spacial score (nSPS) is 22.3. The highest BCUT2D eigenvalue weighted by atomic mass is 32.2. The van der Waals surface area contributed by atoms with Gasteiger partial charge in [0.15, 0.2) is 0 Å². The lowest BCUT2D eigenvalue weighted by molar-refractivity contribution is -0.139. The van der Waals surface area contributed by atoms with Gasteiger partial charge in [-0.05, 0) is 30.2 Å². The van der Waals surface area contributed by atoms with E-state index in [0.29, 0.717) is 6.54 Å². The molecule has 2 aromatic rings. The van der Waals surface area contributed by atoms with E-state index in [9.17, 15) is 14.7 Å². The minimum Gasteiger partial charge on any atom is -0.508 e. The molecule has 0 spiro atoms. The number of aromatic hydroxyl groups is 1. The highest BCUT2D eigenvalue weighted by molar-refractivity contribution is 7.98. The van der Waals surface area contributed by atoms with Gasteiger partial charge in [0.25, 0.3) is 0 Å². The highest BCUT2D eigenvalue weighted by Gasteiger charge is 2.40. The van der Waals surface area contributed by atoms with Gasteiger partial charge in [0.05, 0.1) is 6.04 Å². The van der Waals surface area contributed by atoms with E-state index < -0.39 is 11.3 Å². The summed E-state index contributed by atoms with van der Waals surface area (Å²) < 4.78 is 1.94. The first kappa shape index (κ1) is 15.8. The predicted octanol–water partition coefficient (Wildman–Crippen LogP) is 3.12. The minimum atomic E-state index is -0.489. The number of phenolic OH excluding ortho intramolecular Hbond substituents is 1. The first-order valence-corrected chi connectivity index (χ1v) is 8.24. The molecule has 1 unspecified atom stereocenters. The zero-order valence-corrected chi connectivity index (χ0v) is 13.5. The standard InChI is InChI=1S/C18H17NO3S/c1-12-16(21)17(22)18(14-5-3-2-4-6-14)23-19(12)11-13-7-9-15(20)10-8-13/h2-10,12,18,20H,11H2,1H3/t12-,18?/m0/s1. The van der Waals surface area contributed by atoms with E-state index in [4.69, 9.17) is 0 Å². The Labute approximate surface area is 139 Å². The molecule has 0 aromatic heterocycles. The monoisotopic (exact) mass is 327 g/mol. The van der Waals surface area contributed by atoms with Crippen LogP contribution in [0.5, 0.6) is 5.75 Å². The molecule has 2 atom stereocenters. The first-order chi connectivity index (χ1) is 11.1. The molecule has 3 rings (SSSR count). The number of hydrogen-bond acceptors (Lipinski definition) is 5. The van der Waals surface area contributed by atoms with Gasteiger partial charge in [0.2, 0.25) is 11.6 Å². The van der Waals surface area contributed by atoms with Crippen molar-refractivity contribution in [1.82, 2.24) is 4.31 Å². The third-order valence-corrected chi connectivity index (χ3v) is 5.32. The Morgan fingerprint density at radius 2 is 1.65 bits per heavy atom. The number of carbonyl (C=O) groups excluding carboxylic acids is 2. The van der Waals surface area contributed by atoms with E-state index in [2.05, 4.69) is 0 Å². The number of hydrogen-bond donors (Lipinski definition) is 1. The summed E-state index contributed by atoms with van der Waals surface area (Å²) >= 11 is 1.40. The molecule has 4 nitrogen and oxygen atoms in total. The molecule has 2 aromatic carbocycles. The Kier molecular flexibility index (Phi) is 4.50. The van der Waals surface area contributed by atoms with Crippen LogP contribution in [0.2, 0.25) is 0 Å². The molecular weight excluding hydrogens is 310 g/mol. The Balaban J connectivity index is 1.84. The summed E-state index contributed by atoms with van der Waals surface area (Å²) in [5.41, 5.74) is 1.83. The fraction of sp³-hybridized carbons (Fsp3) is 0.222. The second kappa shape index (κ2) is 6.56. The van der Waals surface area contributed by atoms with Crippen molar-refractivity contribution in [2.75, 3.05) is 0 Å². The Bertz CT molecular complexity index is 715. The Morgan fingerprint density at radius 3 is 2.30 bits per heavy atom. The molecular formula is C18H17NO3S. The quantitative estimate of drug-likeness (QED) is 0.693. The van der Waals surface area contributed by atoms with Crippen LogP contribution < -0.4 is 0 Å². The molecule has 0 bridgehead atoms. The van der Waals surface area contributed by atoms with Crippen LogP contribution in [0.3, 0.4) is 0 Å². The fourth-order valence-corrected chi connectivity index (χ4v) is 3.80. The molecule has 1 aliphatic heterocycles. The van der Waals surface area contributed by atoms with Crippen LogP contribution in [0.1, 0.15) is 23.3 Å². The molecule has 0 aliphatic carbocycles. The van der Waals surface area contributed by atoms with E-state index in [1.807, 2.05) is 46.8 Å². The molecule has 1 N–H and O–H groups in total. The summed E-state index contributed by atoms with van der Waals surface area (Å²) in [4.78, 5) is 24.7. The van der Waals surface area contributed by atoms with Gasteiger partial charge in [0.1, 0.15) is 11.0 Å². The van der Waals surface area contributed by atoms with Gasteiger partial charge >= 0.3 is 0 Å². The summed E-state index contributed by atoms with van der Waals surface area (Å²) in [5, 5.41) is 8.88. The fourth-order valence-electron chi connectivity index (χ4n) is 2.54. The molecule has 1 fully saturated rings. The van der Waals surface area contributed by atoms with Gasteiger partial charge in [-0.1, -0.05) is 54.4 Å². The van der Waals surface area contributed by atoms with Gasteiger partial charge in [-0.25, -0.2) is 4.31 Å². The van der Waals surface area contributed by atoms with E-state index in [1.54, 1.807) is 19.1 Å². The van der Waals surface area contributed by atoms with E-state index in [-0.39, 0.29) is 17.3 Å². The number of ketones is 2. The topological polar surface area (TPSA) is 57.6 Å². The summed E-state index contributed by atoms with van der Waals surface area (Å²) in [6.07, 6.45) is 0. The number of rotatable bonds is 3. The van der Waals surface area contributed by atoms with Crippen molar-refractivity contribution in [3.05, 3.63) is 65.7 Å². The van der Waals surface area contributed by atoms with Gasteiger partial charge in [-0.3, -0.25) is 9.59 Å². The molecule has 5 heteroatoms. The summed E-state index contributed by atoms with van der Waals surface area (Å²) in [6, 6.07) is 15.8. The molecule has 0 saturated carbocycles. The van der Waals surface area contributed by atoms with Gasteiger partial charge in [-0.2, -0.15) is 0 Å². The predicted molar refractivity (Wildman–Crippen MR) is 89.9 cm³/mol. The largest absolute Gasteiger partial charge is 0.508 e. The van der Waals surface area contributed by atoms with Crippen molar-refractivity contribution in [2.24, 2.45) is 0 Å². The smallest absolute Gasteiger partial charge is 0.218 e. The van der Waals surface area contributed by atoms with Crippen molar-refractivity contribution < 1.29 is 14.7 Å². The Morgan fingerprint density at radius 1 is 1.00 bits per heavy atom. The lowest BCUT2D eigenvalue weighted by Crippen LogP contribution is -2.45. The lowest BCUT2D eigenvalue weighted by Gasteiger charge is -2.34. The van der Waals surface area contributed by atoms with Crippen LogP contribution in [0.4, 0.5) is 0 Å². The van der Waals surface area contributed by atoms with Crippen LogP contribution in [0, 0.1) is 0 Å². The maximum absolute atomic E-state index is 12.3. The summed E-state index contributed by atoms with van der Waals surface area (Å²) in [7, 11) is 0. The second-order valence-corrected chi connectivity index (χ2v) is 6.69. The maximum Gasteiger partial charge on any atom is 0.218 e. The Hall–Kier alpha value is -2.11. The molecule has 1 saturated heterocycles. The van der Waals surface area contributed by atoms with Crippen LogP contribution in [0.15, 0.2) is 54.6 Å². The number of Topliss-reactive ketones (excluding diaryl/α,β-unsaturated/α-hetero) is 2. The van der Waals surface area contributed by atoms with Crippen LogP contribution >= 0.6 is 11.9 Å². The second-order valence-electron chi connectivity index (χ2n) is 5.54. The van der Waals surface area contributed by atoms with Crippen LogP contribution in [-0.2, 0) is 16.1 Å². The number of phenols is 1. The van der Waals surface area contributed by atoms with Crippen LogP contribution in [-0.4, -0.2) is 27.0 Å². The minimum absolute atomic E-state index is 0.210. The van der Waals surface area contributed by atoms with Gasteiger partial charge in [-0.15, -0.1) is 0 Å². The summed E-state index contributed by atoms with van der Waals surface area (Å²) in [6.45, 7) is 2.29. The SMILES string of the molecule is C[C@H]1C(=O)C(=O)C(c2ccccc2)SN1Cc1ccc(O)cc1. The molecule has 1 aliphatic rings. The number of nitrogens with zero attached hydrogens (tertiary/aromatic N) is 1. The van der Waals surface area contributed by atoms with Crippen molar-refractivity contribution in [3.63, 3.8) is 0 Å².